The molecule has 0 aliphatic rings. The summed E-state index contributed by atoms with van der Waals surface area (Å²) in [4.78, 5) is 1.29. The number of hydrogen-bond donors (Lipinski definition) is 1. The topological polar surface area (TPSA) is 20.2 Å². The molecule has 0 atom stereocenters. The van der Waals surface area contributed by atoms with Gasteiger partial charge in [0.1, 0.15) is 5.75 Å². The van der Waals surface area contributed by atoms with Gasteiger partial charge in [-0.3, -0.25) is 0 Å². The Hall–Kier alpha value is -0.290. The number of phenols is 1. The van der Waals surface area contributed by atoms with Crippen molar-refractivity contribution in [3.63, 3.8) is 0 Å². The summed E-state index contributed by atoms with van der Waals surface area (Å²) in [5.41, 5.74) is 0. The van der Waals surface area contributed by atoms with Crippen molar-refractivity contribution >= 4 is 44.0 Å². The Morgan fingerprint density at radius 1 is 1.33 bits per heavy atom. The minimum absolute atomic E-state index is 0.352. The second-order valence-electron chi connectivity index (χ2n) is 2.70. The molecule has 1 nitrogen and oxygen atoms in total. The van der Waals surface area contributed by atoms with Gasteiger partial charge in [-0.15, -0.1) is 11.3 Å². The van der Waals surface area contributed by atoms with E-state index in [1.165, 1.54) is 9.58 Å². The summed E-state index contributed by atoms with van der Waals surface area (Å²) in [6.45, 7) is 2.08. The number of thiophene rings is 1. The first-order valence-electron chi connectivity index (χ1n) is 3.55. The fourth-order valence-corrected chi connectivity index (χ4v) is 3.08. The molecule has 0 fully saturated rings. The number of aryl methyl sites for hydroxylation is 1. The van der Waals surface area contributed by atoms with Gasteiger partial charge in [0.05, 0.1) is 0 Å². The van der Waals surface area contributed by atoms with Crippen LogP contribution in [0.15, 0.2) is 18.2 Å². The maximum absolute atomic E-state index is 9.32. The second kappa shape index (κ2) is 2.88. The minimum atomic E-state index is 0.352. The van der Waals surface area contributed by atoms with E-state index in [1.807, 2.05) is 0 Å². The van der Waals surface area contributed by atoms with E-state index in [9.17, 15) is 5.11 Å². The smallest absolute Gasteiger partial charge is 0.117 e. The van der Waals surface area contributed by atoms with Gasteiger partial charge < -0.3 is 5.11 Å². The molecule has 0 saturated heterocycles. The van der Waals surface area contributed by atoms with Crippen LogP contribution < -0.4 is 0 Å². The number of fused-ring (bicyclic) bond motifs is 1. The van der Waals surface area contributed by atoms with Gasteiger partial charge >= 0.3 is 0 Å². The van der Waals surface area contributed by atoms with Crippen molar-refractivity contribution in [2.75, 3.05) is 0 Å². The van der Waals surface area contributed by atoms with E-state index in [4.69, 9.17) is 0 Å². The quantitative estimate of drug-likeness (QED) is 0.736. The zero-order valence-corrected chi connectivity index (χ0v) is 9.44. The lowest BCUT2D eigenvalue weighted by molar-refractivity contribution is 0.476. The Bertz CT molecular complexity index is 433. The van der Waals surface area contributed by atoms with E-state index < -0.39 is 0 Å². The Balaban J connectivity index is 2.88. The van der Waals surface area contributed by atoms with E-state index in [1.54, 1.807) is 23.5 Å². The molecule has 2 rings (SSSR count). The highest BCUT2D eigenvalue weighted by atomic mass is 127. The second-order valence-corrected chi connectivity index (χ2v) is 5.12. The summed E-state index contributed by atoms with van der Waals surface area (Å²) in [7, 11) is 0. The lowest BCUT2D eigenvalue weighted by Crippen LogP contribution is -1.70. The summed E-state index contributed by atoms with van der Waals surface area (Å²) < 4.78 is 2.40. The maximum atomic E-state index is 9.32. The summed E-state index contributed by atoms with van der Waals surface area (Å²) in [5, 5.41) is 10.5. The van der Waals surface area contributed by atoms with E-state index in [-0.39, 0.29) is 0 Å². The fraction of sp³-hybridized carbons (Fsp3) is 0.111. The Labute approximate surface area is 88.2 Å². The fourth-order valence-electron chi connectivity index (χ4n) is 1.22. The molecule has 0 bridgehead atoms. The molecule has 1 aromatic heterocycles. The van der Waals surface area contributed by atoms with Crippen molar-refractivity contribution < 1.29 is 5.11 Å². The van der Waals surface area contributed by atoms with Crippen LogP contribution in [-0.2, 0) is 0 Å². The molecule has 0 aliphatic heterocycles. The van der Waals surface area contributed by atoms with Crippen LogP contribution in [0.4, 0.5) is 0 Å². The summed E-state index contributed by atoms with van der Waals surface area (Å²) in [6, 6.07) is 5.70. The van der Waals surface area contributed by atoms with Crippen LogP contribution in [0.25, 0.3) is 10.1 Å². The molecule has 0 unspecified atom stereocenters. The van der Waals surface area contributed by atoms with Crippen LogP contribution >= 0.6 is 33.9 Å². The molecular formula is C9H7IOS. The number of hydrogen-bond acceptors (Lipinski definition) is 2. The van der Waals surface area contributed by atoms with Crippen molar-refractivity contribution in [3.8, 4) is 5.75 Å². The molecule has 1 N–H and O–H groups in total. The van der Waals surface area contributed by atoms with Crippen LogP contribution in [0.5, 0.6) is 5.75 Å². The predicted octanol–water partition coefficient (Wildman–Crippen LogP) is 3.52. The van der Waals surface area contributed by atoms with E-state index in [2.05, 4.69) is 35.6 Å². The van der Waals surface area contributed by atoms with Gasteiger partial charge in [-0.05, 0) is 53.1 Å². The van der Waals surface area contributed by atoms with E-state index >= 15 is 0 Å². The molecule has 1 aromatic carbocycles. The molecule has 2 aromatic rings. The Morgan fingerprint density at radius 2 is 2.08 bits per heavy atom. The molecule has 0 amide bonds. The standard InChI is InChI=1S/C9H7IOS/c1-5-2-6-3-7(11)4-8(10)9(6)12-5/h2-4,11H,1H3. The van der Waals surface area contributed by atoms with Crippen molar-refractivity contribution in [2.45, 2.75) is 6.92 Å². The van der Waals surface area contributed by atoms with Crippen LogP contribution in [-0.4, -0.2) is 5.11 Å². The van der Waals surface area contributed by atoms with Gasteiger partial charge in [-0.2, -0.15) is 0 Å². The molecule has 0 spiro atoms. The third kappa shape index (κ3) is 1.31. The van der Waals surface area contributed by atoms with Gasteiger partial charge in [0.25, 0.3) is 0 Å². The molecule has 3 heteroatoms. The van der Waals surface area contributed by atoms with Crippen LogP contribution in [0.2, 0.25) is 0 Å². The third-order valence-electron chi connectivity index (χ3n) is 1.68. The van der Waals surface area contributed by atoms with Crippen molar-refractivity contribution in [1.29, 1.82) is 0 Å². The molecule has 0 saturated carbocycles. The van der Waals surface area contributed by atoms with Crippen LogP contribution in [0, 0.1) is 10.5 Å². The molecule has 1 heterocycles. The van der Waals surface area contributed by atoms with Crippen molar-refractivity contribution in [1.82, 2.24) is 0 Å². The van der Waals surface area contributed by atoms with Gasteiger partial charge in [0.15, 0.2) is 0 Å². The first-order valence-corrected chi connectivity index (χ1v) is 5.45. The lowest BCUT2D eigenvalue weighted by Gasteiger charge is -1.94. The molecule has 0 radical (unpaired) electrons. The Morgan fingerprint density at radius 3 is 2.83 bits per heavy atom. The van der Waals surface area contributed by atoms with Crippen molar-refractivity contribution in [3.05, 3.63) is 26.6 Å². The number of phenolic OH excluding ortho intramolecular Hbond substituents is 1. The molecule has 0 aliphatic carbocycles. The lowest BCUT2D eigenvalue weighted by atomic mass is 10.2. The monoisotopic (exact) mass is 290 g/mol. The van der Waals surface area contributed by atoms with Crippen LogP contribution in [0.1, 0.15) is 4.88 Å². The number of aromatic hydroxyl groups is 1. The van der Waals surface area contributed by atoms with Gasteiger partial charge in [0, 0.05) is 13.1 Å². The largest absolute Gasteiger partial charge is 0.508 e. The zero-order valence-electron chi connectivity index (χ0n) is 6.47. The van der Waals surface area contributed by atoms with Crippen LogP contribution in [0.3, 0.4) is 0 Å². The third-order valence-corrected chi connectivity index (χ3v) is 4.00. The summed E-state index contributed by atoms with van der Waals surface area (Å²) in [5.74, 6) is 0.352. The Kier molecular flexibility index (Phi) is 2.00. The summed E-state index contributed by atoms with van der Waals surface area (Å²) in [6.07, 6.45) is 0. The predicted molar refractivity (Wildman–Crippen MR) is 60.9 cm³/mol. The van der Waals surface area contributed by atoms with Gasteiger partial charge in [-0.1, -0.05) is 0 Å². The highest BCUT2D eigenvalue weighted by Crippen LogP contribution is 2.32. The zero-order chi connectivity index (χ0) is 8.72. The first-order chi connectivity index (χ1) is 5.66. The van der Waals surface area contributed by atoms with Crippen molar-refractivity contribution in [2.24, 2.45) is 0 Å². The summed E-state index contributed by atoms with van der Waals surface area (Å²) >= 11 is 4.02. The normalized spacial score (nSPS) is 10.8. The molecule has 12 heavy (non-hydrogen) atoms. The molecule has 62 valence electrons. The number of benzene rings is 1. The highest BCUT2D eigenvalue weighted by Gasteiger charge is 2.03. The number of rotatable bonds is 0. The SMILES string of the molecule is Cc1cc2cc(O)cc(I)c2s1. The van der Waals surface area contributed by atoms with Gasteiger partial charge in [0.2, 0.25) is 0 Å². The van der Waals surface area contributed by atoms with E-state index in [0.717, 1.165) is 8.96 Å². The van der Waals surface area contributed by atoms with Gasteiger partial charge in [-0.25, -0.2) is 0 Å². The highest BCUT2D eigenvalue weighted by molar-refractivity contribution is 14.1. The maximum Gasteiger partial charge on any atom is 0.117 e. The molecular weight excluding hydrogens is 283 g/mol. The first kappa shape index (κ1) is 8.31. The average molecular weight is 290 g/mol. The average Bonchev–Trinajstić information content (AvgIpc) is 2.29. The minimum Gasteiger partial charge on any atom is -0.508 e. The van der Waals surface area contributed by atoms with E-state index in [0.29, 0.717) is 5.75 Å². The number of halogens is 1.